The van der Waals surface area contributed by atoms with Gasteiger partial charge in [-0.2, -0.15) is 5.10 Å². The summed E-state index contributed by atoms with van der Waals surface area (Å²) in [7, 11) is 0. The maximum absolute atomic E-state index is 12.8. The van der Waals surface area contributed by atoms with Crippen LogP contribution in [-0.4, -0.2) is 45.5 Å². The van der Waals surface area contributed by atoms with E-state index in [1.807, 2.05) is 30.3 Å². The van der Waals surface area contributed by atoms with Gasteiger partial charge in [-0.15, -0.1) is 11.3 Å². The van der Waals surface area contributed by atoms with Gasteiger partial charge in [-0.3, -0.25) is 0 Å². The van der Waals surface area contributed by atoms with Crippen LogP contribution in [0.15, 0.2) is 48.1 Å². The molecule has 7 nitrogen and oxygen atoms in total. The third-order valence-corrected chi connectivity index (χ3v) is 5.52. The molecule has 1 saturated heterocycles. The largest absolute Gasteiger partial charge is 0.377 e. The standard InChI is InChI=1S/C19H21N5O2S/c1-14-9-16(27-12-14)10-20-19(25)23-7-8-26-11-17(23)18-21-13-22-24(18)15-5-3-2-4-6-15/h2-6,9,12-13,17H,7-8,10-11H2,1H3,(H,20,25). The molecule has 1 unspecified atom stereocenters. The van der Waals surface area contributed by atoms with Crippen LogP contribution in [0.1, 0.15) is 22.3 Å². The molecule has 0 aliphatic carbocycles. The highest BCUT2D eigenvalue weighted by atomic mass is 32.1. The lowest BCUT2D eigenvalue weighted by molar-refractivity contribution is 0.00784. The number of carbonyl (C=O) groups is 1. The van der Waals surface area contributed by atoms with Gasteiger partial charge in [0.2, 0.25) is 0 Å². The Balaban J connectivity index is 1.53. The maximum atomic E-state index is 12.8. The Hall–Kier alpha value is -2.71. The zero-order chi connectivity index (χ0) is 18.6. The van der Waals surface area contributed by atoms with Crippen LogP contribution < -0.4 is 5.32 Å². The van der Waals surface area contributed by atoms with E-state index in [9.17, 15) is 4.79 Å². The molecule has 3 heterocycles. The van der Waals surface area contributed by atoms with Crippen molar-refractivity contribution in [1.29, 1.82) is 0 Å². The van der Waals surface area contributed by atoms with Crippen molar-refractivity contribution in [1.82, 2.24) is 25.0 Å². The van der Waals surface area contributed by atoms with Gasteiger partial charge in [-0.1, -0.05) is 18.2 Å². The van der Waals surface area contributed by atoms with Gasteiger partial charge >= 0.3 is 6.03 Å². The lowest BCUT2D eigenvalue weighted by Crippen LogP contribution is -2.48. The molecule has 0 radical (unpaired) electrons. The fraction of sp³-hybridized carbons (Fsp3) is 0.316. The maximum Gasteiger partial charge on any atom is 0.318 e. The van der Waals surface area contributed by atoms with E-state index in [0.717, 1.165) is 10.6 Å². The van der Waals surface area contributed by atoms with Crippen LogP contribution in [-0.2, 0) is 11.3 Å². The highest BCUT2D eigenvalue weighted by Crippen LogP contribution is 2.24. The molecule has 1 atom stereocenters. The minimum absolute atomic E-state index is 0.114. The van der Waals surface area contributed by atoms with Crippen LogP contribution >= 0.6 is 11.3 Å². The number of ether oxygens (including phenoxy) is 1. The molecule has 0 bridgehead atoms. The summed E-state index contributed by atoms with van der Waals surface area (Å²) in [6.07, 6.45) is 1.52. The number of morpholine rings is 1. The van der Waals surface area contributed by atoms with Crippen LogP contribution in [0, 0.1) is 6.92 Å². The molecular weight excluding hydrogens is 362 g/mol. The number of hydrogen-bond donors (Lipinski definition) is 1. The van der Waals surface area contributed by atoms with Gasteiger partial charge in [0.05, 0.1) is 25.4 Å². The van der Waals surface area contributed by atoms with E-state index in [-0.39, 0.29) is 12.1 Å². The Labute approximate surface area is 161 Å². The molecule has 2 amide bonds. The molecule has 2 aromatic heterocycles. The normalized spacial score (nSPS) is 17.1. The summed E-state index contributed by atoms with van der Waals surface area (Å²) < 4.78 is 7.41. The minimum atomic E-state index is -0.286. The van der Waals surface area contributed by atoms with Crippen molar-refractivity contribution >= 4 is 17.4 Å². The highest BCUT2D eigenvalue weighted by molar-refractivity contribution is 7.10. The molecule has 140 valence electrons. The number of hydrogen-bond acceptors (Lipinski definition) is 5. The fourth-order valence-electron chi connectivity index (χ4n) is 3.15. The summed E-state index contributed by atoms with van der Waals surface area (Å²) in [6.45, 7) is 4.00. The second-order valence-corrected chi connectivity index (χ2v) is 7.39. The number of aromatic nitrogens is 3. The molecule has 4 rings (SSSR count). The Morgan fingerprint density at radius 2 is 2.22 bits per heavy atom. The highest BCUT2D eigenvalue weighted by Gasteiger charge is 2.32. The molecule has 8 heteroatoms. The zero-order valence-corrected chi connectivity index (χ0v) is 15.9. The van der Waals surface area contributed by atoms with Crippen LogP contribution in [0.3, 0.4) is 0 Å². The molecule has 0 saturated carbocycles. The van der Waals surface area contributed by atoms with Crippen molar-refractivity contribution in [3.63, 3.8) is 0 Å². The first-order chi connectivity index (χ1) is 13.2. The molecular formula is C19H21N5O2S. The summed E-state index contributed by atoms with van der Waals surface area (Å²) in [5, 5.41) is 9.45. The Kier molecular flexibility index (Phi) is 5.17. The number of carbonyl (C=O) groups excluding carboxylic acids is 1. The second kappa shape index (κ2) is 7.89. The van der Waals surface area contributed by atoms with Crippen molar-refractivity contribution < 1.29 is 9.53 Å². The monoisotopic (exact) mass is 383 g/mol. The number of nitrogens with one attached hydrogen (secondary N) is 1. The molecule has 3 aromatic rings. The number of aryl methyl sites for hydroxylation is 1. The van der Waals surface area contributed by atoms with Gasteiger partial charge in [0.1, 0.15) is 12.4 Å². The summed E-state index contributed by atoms with van der Waals surface area (Å²) in [5.41, 5.74) is 2.12. The average Bonchev–Trinajstić information content (AvgIpc) is 3.36. The smallest absolute Gasteiger partial charge is 0.318 e. The predicted octanol–water partition coefficient (Wildman–Crippen LogP) is 2.92. The van der Waals surface area contributed by atoms with Crippen LogP contribution in [0.25, 0.3) is 5.69 Å². The number of amides is 2. The predicted molar refractivity (Wildman–Crippen MR) is 103 cm³/mol. The van der Waals surface area contributed by atoms with E-state index in [1.54, 1.807) is 20.9 Å². The van der Waals surface area contributed by atoms with Gasteiger partial charge in [0.25, 0.3) is 0 Å². The second-order valence-electron chi connectivity index (χ2n) is 6.40. The minimum Gasteiger partial charge on any atom is -0.377 e. The lowest BCUT2D eigenvalue weighted by Gasteiger charge is -2.34. The van der Waals surface area contributed by atoms with Gasteiger partial charge in [-0.05, 0) is 36.1 Å². The molecule has 1 aliphatic heterocycles. The van der Waals surface area contributed by atoms with E-state index in [0.29, 0.717) is 32.1 Å². The van der Waals surface area contributed by atoms with E-state index in [2.05, 4.69) is 33.8 Å². The first-order valence-electron chi connectivity index (χ1n) is 8.84. The van der Waals surface area contributed by atoms with Crippen molar-refractivity contribution in [3.05, 3.63) is 64.4 Å². The van der Waals surface area contributed by atoms with E-state index in [4.69, 9.17) is 4.74 Å². The number of urea groups is 1. The summed E-state index contributed by atoms with van der Waals surface area (Å²) in [5.74, 6) is 0.697. The number of para-hydroxylation sites is 1. The Morgan fingerprint density at radius 1 is 1.37 bits per heavy atom. The van der Waals surface area contributed by atoms with E-state index in [1.165, 1.54) is 11.9 Å². The topological polar surface area (TPSA) is 72.3 Å². The quantitative estimate of drug-likeness (QED) is 0.752. The summed E-state index contributed by atoms with van der Waals surface area (Å²) in [4.78, 5) is 20.2. The number of thiophene rings is 1. The third-order valence-electron chi connectivity index (χ3n) is 4.46. The third kappa shape index (κ3) is 3.86. The summed E-state index contributed by atoms with van der Waals surface area (Å²) >= 11 is 1.65. The van der Waals surface area contributed by atoms with Gasteiger partial charge in [0, 0.05) is 11.4 Å². The first kappa shape index (κ1) is 17.7. The lowest BCUT2D eigenvalue weighted by atomic mass is 10.2. The van der Waals surface area contributed by atoms with Gasteiger partial charge in [0.15, 0.2) is 5.82 Å². The van der Waals surface area contributed by atoms with Gasteiger partial charge in [-0.25, -0.2) is 14.5 Å². The van der Waals surface area contributed by atoms with E-state index >= 15 is 0 Å². The molecule has 1 N–H and O–H groups in total. The van der Waals surface area contributed by atoms with Crippen molar-refractivity contribution in [2.45, 2.75) is 19.5 Å². The summed E-state index contributed by atoms with van der Waals surface area (Å²) in [6, 6.07) is 11.5. The number of nitrogens with zero attached hydrogens (tertiary/aromatic N) is 4. The zero-order valence-electron chi connectivity index (χ0n) is 15.0. The molecule has 0 spiro atoms. The Bertz CT molecular complexity index is 908. The first-order valence-corrected chi connectivity index (χ1v) is 9.72. The van der Waals surface area contributed by atoms with E-state index < -0.39 is 0 Å². The van der Waals surface area contributed by atoms with Crippen molar-refractivity contribution in [2.75, 3.05) is 19.8 Å². The molecule has 1 aliphatic rings. The van der Waals surface area contributed by atoms with Crippen LogP contribution in [0.4, 0.5) is 4.79 Å². The number of rotatable bonds is 4. The van der Waals surface area contributed by atoms with Gasteiger partial charge < -0.3 is 15.0 Å². The molecule has 27 heavy (non-hydrogen) atoms. The van der Waals surface area contributed by atoms with Crippen molar-refractivity contribution in [2.24, 2.45) is 0 Å². The van der Waals surface area contributed by atoms with Crippen molar-refractivity contribution in [3.8, 4) is 5.69 Å². The molecule has 1 fully saturated rings. The van der Waals surface area contributed by atoms with Crippen LogP contribution in [0.2, 0.25) is 0 Å². The van der Waals surface area contributed by atoms with Crippen LogP contribution in [0.5, 0.6) is 0 Å². The fourth-order valence-corrected chi connectivity index (χ4v) is 3.97. The molecule has 1 aromatic carbocycles. The Morgan fingerprint density at radius 3 is 3.00 bits per heavy atom. The SMILES string of the molecule is Cc1csc(CNC(=O)N2CCOCC2c2ncnn2-c2ccccc2)c1. The number of benzene rings is 1. The average molecular weight is 383 g/mol.